The Labute approximate surface area is 133 Å². The summed E-state index contributed by atoms with van der Waals surface area (Å²) in [6.07, 6.45) is 1.94. The van der Waals surface area contributed by atoms with Crippen LogP contribution in [0.5, 0.6) is 0 Å². The molecule has 4 aromatic rings. The van der Waals surface area contributed by atoms with Crippen molar-refractivity contribution in [1.29, 1.82) is 0 Å². The van der Waals surface area contributed by atoms with Crippen molar-refractivity contribution in [3.63, 3.8) is 0 Å². The number of Topliss-reactive ketones (excluding diaryl/α,β-unsaturated/α-hetero) is 1. The summed E-state index contributed by atoms with van der Waals surface area (Å²) in [5.41, 5.74) is 3.52. The van der Waals surface area contributed by atoms with Crippen LogP contribution in [0.3, 0.4) is 0 Å². The van der Waals surface area contributed by atoms with E-state index in [0.29, 0.717) is 11.5 Å². The van der Waals surface area contributed by atoms with Crippen molar-refractivity contribution in [2.45, 2.75) is 6.92 Å². The monoisotopic (exact) mass is 302 g/mol. The van der Waals surface area contributed by atoms with Gasteiger partial charge in [0, 0.05) is 18.7 Å². The van der Waals surface area contributed by atoms with Crippen molar-refractivity contribution in [3.05, 3.63) is 72.6 Å². The molecule has 0 unspecified atom stereocenters. The molecular formula is C19H14N2O2. The molecule has 0 fully saturated rings. The lowest BCUT2D eigenvalue weighted by Crippen LogP contribution is -1.89. The van der Waals surface area contributed by atoms with E-state index in [-0.39, 0.29) is 5.78 Å². The maximum atomic E-state index is 11.5. The number of carbonyl (C=O) groups excluding carboxylic acids is 1. The Balaban J connectivity index is 2.01. The van der Waals surface area contributed by atoms with Crippen LogP contribution in [0.1, 0.15) is 17.5 Å². The molecule has 0 spiro atoms. The molecule has 3 aromatic heterocycles. The summed E-state index contributed by atoms with van der Waals surface area (Å²) in [5.74, 6) is 0.893. The minimum atomic E-state index is -0.0914. The number of ketones is 1. The number of aromatic nitrogens is 2. The van der Waals surface area contributed by atoms with Crippen LogP contribution in [0.15, 0.2) is 71.3 Å². The van der Waals surface area contributed by atoms with E-state index in [2.05, 4.69) is 0 Å². The van der Waals surface area contributed by atoms with Crippen LogP contribution in [0.4, 0.5) is 0 Å². The van der Waals surface area contributed by atoms with Crippen molar-refractivity contribution < 1.29 is 9.21 Å². The van der Waals surface area contributed by atoms with E-state index in [4.69, 9.17) is 9.40 Å². The maximum Gasteiger partial charge on any atom is 0.194 e. The average Bonchev–Trinajstić information content (AvgIpc) is 3.20. The van der Waals surface area contributed by atoms with Crippen LogP contribution in [-0.4, -0.2) is 15.2 Å². The summed E-state index contributed by atoms with van der Waals surface area (Å²) in [6.45, 7) is 1.50. The van der Waals surface area contributed by atoms with Gasteiger partial charge in [0.25, 0.3) is 0 Å². The van der Waals surface area contributed by atoms with Crippen LogP contribution in [0, 0.1) is 0 Å². The fraction of sp³-hybridized carbons (Fsp3) is 0.0526. The molecule has 0 N–H and O–H groups in total. The van der Waals surface area contributed by atoms with Gasteiger partial charge in [-0.1, -0.05) is 36.4 Å². The molecule has 0 bridgehead atoms. The minimum Gasteiger partial charge on any atom is -0.451 e. The summed E-state index contributed by atoms with van der Waals surface area (Å²) >= 11 is 0. The predicted octanol–water partition coefficient (Wildman–Crippen LogP) is 4.46. The summed E-state index contributed by atoms with van der Waals surface area (Å²) in [6, 6.07) is 19.3. The topological polar surface area (TPSA) is 47.5 Å². The molecule has 112 valence electrons. The average molecular weight is 302 g/mol. The van der Waals surface area contributed by atoms with Gasteiger partial charge < -0.3 is 4.42 Å². The van der Waals surface area contributed by atoms with Gasteiger partial charge >= 0.3 is 0 Å². The highest BCUT2D eigenvalue weighted by molar-refractivity contribution is 5.92. The molecular weight excluding hydrogens is 288 g/mol. The third-order valence-electron chi connectivity index (χ3n) is 3.76. The van der Waals surface area contributed by atoms with Crippen LogP contribution >= 0.6 is 0 Å². The zero-order valence-corrected chi connectivity index (χ0v) is 12.6. The van der Waals surface area contributed by atoms with Gasteiger partial charge in [-0.25, -0.2) is 4.98 Å². The Kier molecular flexibility index (Phi) is 3.08. The van der Waals surface area contributed by atoms with E-state index in [1.54, 1.807) is 6.07 Å². The molecule has 0 radical (unpaired) electrons. The van der Waals surface area contributed by atoms with E-state index in [9.17, 15) is 4.79 Å². The van der Waals surface area contributed by atoms with Gasteiger partial charge in [0.15, 0.2) is 17.3 Å². The molecule has 4 nitrogen and oxygen atoms in total. The number of imidazole rings is 1. The highest BCUT2D eigenvalue weighted by Gasteiger charge is 2.19. The smallest absolute Gasteiger partial charge is 0.194 e. The lowest BCUT2D eigenvalue weighted by Gasteiger charge is -2.02. The third kappa shape index (κ3) is 2.25. The summed E-state index contributed by atoms with van der Waals surface area (Å²) in [5, 5.41) is 0. The standard InChI is InChI=1S/C19H14N2O2/c1-13(22)15-10-11-16(23-15)19-18(14-7-3-2-4-8-14)20-17-9-5-6-12-21(17)19/h2-12H,1H3. The number of furan rings is 1. The molecule has 1 aromatic carbocycles. The molecule has 0 atom stereocenters. The number of benzene rings is 1. The highest BCUT2D eigenvalue weighted by Crippen LogP contribution is 2.33. The molecule has 0 saturated heterocycles. The summed E-state index contributed by atoms with van der Waals surface area (Å²) in [7, 11) is 0. The molecule has 0 aliphatic carbocycles. The molecule has 4 heteroatoms. The molecule has 3 heterocycles. The number of fused-ring (bicyclic) bond motifs is 1. The first-order valence-electron chi connectivity index (χ1n) is 7.38. The molecule has 0 aliphatic rings. The second kappa shape index (κ2) is 5.25. The fourth-order valence-corrected chi connectivity index (χ4v) is 2.68. The second-order valence-corrected chi connectivity index (χ2v) is 5.32. The second-order valence-electron chi connectivity index (χ2n) is 5.32. The Morgan fingerprint density at radius 3 is 2.52 bits per heavy atom. The zero-order valence-electron chi connectivity index (χ0n) is 12.6. The zero-order chi connectivity index (χ0) is 15.8. The first-order chi connectivity index (χ1) is 11.2. The van der Waals surface area contributed by atoms with Crippen molar-refractivity contribution in [2.24, 2.45) is 0 Å². The van der Waals surface area contributed by atoms with E-state index >= 15 is 0 Å². The summed E-state index contributed by atoms with van der Waals surface area (Å²) < 4.78 is 7.73. The van der Waals surface area contributed by atoms with E-state index < -0.39 is 0 Å². The van der Waals surface area contributed by atoms with Gasteiger partial charge in [-0.15, -0.1) is 0 Å². The van der Waals surface area contributed by atoms with E-state index in [1.165, 1.54) is 6.92 Å². The maximum absolute atomic E-state index is 11.5. The number of hydrogen-bond donors (Lipinski definition) is 0. The third-order valence-corrected chi connectivity index (χ3v) is 3.76. The van der Waals surface area contributed by atoms with Gasteiger partial charge in [-0.2, -0.15) is 0 Å². The quantitative estimate of drug-likeness (QED) is 0.525. The van der Waals surface area contributed by atoms with Crippen molar-refractivity contribution in [3.8, 4) is 22.7 Å². The van der Waals surface area contributed by atoms with E-state index in [0.717, 1.165) is 22.6 Å². The molecule has 4 rings (SSSR count). The van der Waals surface area contributed by atoms with Crippen molar-refractivity contribution in [2.75, 3.05) is 0 Å². The number of carbonyl (C=O) groups is 1. The fourth-order valence-electron chi connectivity index (χ4n) is 2.68. The predicted molar refractivity (Wildman–Crippen MR) is 88.3 cm³/mol. The highest BCUT2D eigenvalue weighted by atomic mass is 16.3. The largest absolute Gasteiger partial charge is 0.451 e. The molecule has 0 saturated carbocycles. The van der Waals surface area contributed by atoms with Gasteiger partial charge in [0.05, 0.1) is 0 Å². The van der Waals surface area contributed by atoms with Crippen LogP contribution in [0.2, 0.25) is 0 Å². The molecule has 0 amide bonds. The van der Waals surface area contributed by atoms with E-state index in [1.807, 2.05) is 65.2 Å². The Morgan fingerprint density at radius 1 is 1.00 bits per heavy atom. The summed E-state index contributed by atoms with van der Waals surface area (Å²) in [4.78, 5) is 16.3. The number of rotatable bonds is 3. The SMILES string of the molecule is CC(=O)c1ccc(-c2c(-c3ccccc3)nc3ccccn23)o1. The number of nitrogens with zero attached hydrogens (tertiary/aromatic N) is 2. The first-order valence-corrected chi connectivity index (χ1v) is 7.38. The van der Waals surface area contributed by atoms with Gasteiger partial charge in [-0.3, -0.25) is 9.20 Å². The van der Waals surface area contributed by atoms with Gasteiger partial charge in [-0.05, 0) is 24.3 Å². The lowest BCUT2D eigenvalue weighted by atomic mass is 10.1. The van der Waals surface area contributed by atoms with Gasteiger partial charge in [0.1, 0.15) is 17.0 Å². The molecule has 23 heavy (non-hydrogen) atoms. The Morgan fingerprint density at radius 2 is 1.78 bits per heavy atom. The number of hydrogen-bond acceptors (Lipinski definition) is 3. The van der Waals surface area contributed by atoms with Gasteiger partial charge in [0.2, 0.25) is 0 Å². The minimum absolute atomic E-state index is 0.0914. The Bertz CT molecular complexity index is 997. The van der Waals surface area contributed by atoms with Crippen LogP contribution in [-0.2, 0) is 0 Å². The number of pyridine rings is 1. The first kappa shape index (κ1) is 13.5. The van der Waals surface area contributed by atoms with Crippen molar-refractivity contribution in [1.82, 2.24) is 9.38 Å². The normalized spacial score (nSPS) is 11.0. The van der Waals surface area contributed by atoms with Crippen LogP contribution < -0.4 is 0 Å². The van der Waals surface area contributed by atoms with Crippen LogP contribution in [0.25, 0.3) is 28.4 Å². The lowest BCUT2D eigenvalue weighted by molar-refractivity contribution is 0.0988. The molecule has 0 aliphatic heterocycles. The van der Waals surface area contributed by atoms with Crippen molar-refractivity contribution >= 4 is 11.4 Å². The Hall–Kier alpha value is -3.14.